The number of carbonyl (C=O) groups is 1. The zero-order valence-electron chi connectivity index (χ0n) is 9.48. The van der Waals surface area contributed by atoms with Crippen LogP contribution in [0.1, 0.15) is 22.3 Å². The predicted octanol–water partition coefficient (Wildman–Crippen LogP) is 0.690. The van der Waals surface area contributed by atoms with Crippen LogP contribution in [-0.2, 0) is 0 Å². The van der Waals surface area contributed by atoms with E-state index < -0.39 is 5.60 Å². The molecule has 0 saturated carbocycles. The third kappa shape index (κ3) is 3.73. The van der Waals surface area contributed by atoms with Gasteiger partial charge in [0.2, 0.25) is 0 Å². The topological polar surface area (TPSA) is 75.1 Å². The summed E-state index contributed by atoms with van der Waals surface area (Å²) < 4.78 is 3.69. The van der Waals surface area contributed by atoms with Crippen molar-refractivity contribution in [1.29, 1.82) is 0 Å². The number of aryl methyl sites for hydroxylation is 1. The molecular formula is C9H15N3O2S2. The molecule has 16 heavy (non-hydrogen) atoms. The van der Waals surface area contributed by atoms with Gasteiger partial charge >= 0.3 is 0 Å². The second-order valence-electron chi connectivity index (χ2n) is 3.80. The Bertz CT molecular complexity index is 365. The summed E-state index contributed by atoms with van der Waals surface area (Å²) in [5, 5.41) is 16.3. The molecule has 1 aromatic heterocycles. The molecule has 0 radical (unpaired) electrons. The molecule has 1 rings (SSSR count). The van der Waals surface area contributed by atoms with Crippen molar-refractivity contribution in [2.75, 3.05) is 18.6 Å². The summed E-state index contributed by atoms with van der Waals surface area (Å²) in [7, 11) is 0. The van der Waals surface area contributed by atoms with Gasteiger partial charge in [0.15, 0.2) is 0 Å². The summed E-state index contributed by atoms with van der Waals surface area (Å²) in [6.45, 7) is 3.66. The quantitative estimate of drug-likeness (QED) is 0.815. The lowest BCUT2D eigenvalue weighted by molar-refractivity contribution is 0.0727. The fraction of sp³-hybridized carbons (Fsp3) is 0.667. The first-order chi connectivity index (χ1) is 7.46. The minimum absolute atomic E-state index is 0.226. The number of nitrogens with one attached hydrogen (secondary N) is 1. The SMILES string of the molecule is CSCC(C)(O)CNC(=O)c1snnc1C. The minimum Gasteiger partial charge on any atom is -0.387 e. The van der Waals surface area contributed by atoms with Crippen molar-refractivity contribution in [3.63, 3.8) is 0 Å². The van der Waals surface area contributed by atoms with Gasteiger partial charge in [-0.2, -0.15) is 11.8 Å². The van der Waals surface area contributed by atoms with Crippen molar-refractivity contribution in [3.05, 3.63) is 10.6 Å². The van der Waals surface area contributed by atoms with Crippen LogP contribution in [0.5, 0.6) is 0 Å². The van der Waals surface area contributed by atoms with Crippen LogP contribution in [0.15, 0.2) is 0 Å². The molecule has 1 amide bonds. The summed E-state index contributed by atoms with van der Waals surface area (Å²) in [4.78, 5) is 12.2. The molecule has 1 unspecified atom stereocenters. The maximum Gasteiger partial charge on any atom is 0.265 e. The van der Waals surface area contributed by atoms with Crippen molar-refractivity contribution in [2.45, 2.75) is 19.4 Å². The molecule has 0 aliphatic rings. The molecule has 0 fully saturated rings. The van der Waals surface area contributed by atoms with Crippen LogP contribution in [0.4, 0.5) is 0 Å². The number of rotatable bonds is 5. The van der Waals surface area contributed by atoms with E-state index in [1.165, 1.54) is 11.8 Å². The van der Waals surface area contributed by atoms with E-state index in [1.807, 2.05) is 6.26 Å². The number of carbonyl (C=O) groups excluding carboxylic acids is 1. The molecule has 1 atom stereocenters. The standard InChI is InChI=1S/C9H15N3O2S2/c1-6-7(16-12-11-6)8(13)10-4-9(2,14)5-15-3/h14H,4-5H2,1-3H3,(H,10,13). The first kappa shape index (κ1) is 13.4. The second kappa shape index (κ2) is 5.60. The highest BCUT2D eigenvalue weighted by molar-refractivity contribution is 7.98. The zero-order valence-corrected chi connectivity index (χ0v) is 11.1. The van der Waals surface area contributed by atoms with Crippen molar-refractivity contribution < 1.29 is 9.90 Å². The third-order valence-corrected chi connectivity index (χ3v) is 3.68. The predicted molar refractivity (Wildman–Crippen MR) is 66.0 cm³/mol. The Hall–Kier alpha value is -0.660. The highest BCUT2D eigenvalue weighted by Crippen LogP contribution is 2.11. The lowest BCUT2D eigenvalue weighted by Crippen LogP contribution is -2.42. The van der Waals surface area contributed by atoms with Gasteiger partial charge in [-0.05, 0) is 31.6 Å². The van der Waals surface area contributed by atoms with Crippen LogP contribution in [0.3, 0.4) is 0 Å². The smallest absolute Gasteiger partial charge is 0.265 e. The lowest BCUT2D eigenvalue weighted by Gasteiger charge is -2.22. The Kier molecular flexibility index (Phi) is 4.69. The Morgan fingerprint density at radius 1 is 1.69 bits per heavy atom. The van der Waals surface area contributed by atoms with Crippen LogP contribution in [0.2, 0.25) is 0 Å². The first-order valence-corrected chi connectivity index (χ1v) is 6.91. The number of hydrogen-bond donors (Lipinski definition) is 2. The second-order valence-corrected chi connectivity index (χ2v) is 5.42. The van der Waals surface area contributed by atoms with Crippen molar-refractivity contribution in [1.82, 2.24) is 14.9 Å². The largest absolute Gasteiger partial charge is 0.387 e. The number of nitrogens with zero attached hydrogens (tertiary/aromatic N) is 2. The number of amides is 1. The van der Waals surface area contributed by atoms with Crippen molar-refractivity contribution in [2.24, 2.45) is 0 Å². The van der Waals surface area contributed by atoms with Crippen LogP contribution in [0, 0.1) is 6.92 Å². The molecular weight excluding hydrogens is 246 g/mol. The van der Waals surface area contributed by atoms with E-state index in [-0.39, 0.29) is 12.5 Å². The summed E-state index contributed by atoms with van der Waals surface area (Å²) in [5.74, 6) is 0.349. The zero-order chi connectivity index (χ0) is 12.2. The fourth-order valence-electron chi connectivity index (χ4n) is 1.15. The Balaban J connectivity index is 2.51. The van der Waals surface area contributed by atoms with E-state index in [9.17, 15) is 9.90 Å². The molecule has 2 N–H and O–H groups in total. The van der Waals surface area contributed by atoms with Gasteiger partial charge in [-0.25, -0.2) is 0 Å². The van der Waals surface area contributed by atoms with Crippen molar-refractivity contribution >= 4 is 29.2 Å². The van der Waals surface area contributed by atoms with Crippen LogP contribution >= 0.6 is 23.3 Å². The van der Waals surface area contributed by atoms with Crippen LogP contribution in [-0.4, -0.2) is 44.8 Å². The molecule has 0 bridgehead atoms. The molecule has 0 aromatic carbocycles. The van der Waals surface area contributed by atoms with E-state index >= 15 is 0 Å². The highest BCUT2D eigenvalue weighted by atomic mass is 32.2. The normalized spacial score (nSPS) is 14.5. The Labute approximate surface area is 103 Å². The Morgan fingerprint density at radius 2 is 2.38 bits per heavy atom. The summed E-state index contributed by atoms with van der Waals surface area (Å²) >= 11 is 2.60. The van der Waals surface area contributed by atoms with Gasteiger partial charge in [-0.1, -0.05) is 4.49 Å². The van der Waals surface area contributed by atoms with Gasteiger partial charge in [-0.15, -0.1) is 5.10 Å². The number of aromatic nitrogens is 2. The summed E-state index contributed by atoms with van der Waals surface area (Å²) in [6, 6.07) is 0. The molecule has 1 aromatic rings. The molecule has 0 spiro atoms. The van der Waals surface area contributed by atoms with E-state index in [2.05, 4.69) is 14.9 Å². The van der Waals surface area contributed by atoms with Gasteiger partial charge in [0, 0.05) is 12.3 Å². The molecule has 0 saturated heterocycles. The van der Waals surface area contributed by atoms with E-state index in [0.717, 1.165) is 11.5 Å². The van der Waals surface area contributed by atoms with Gasteiger partial charge < -0.3 is 10.4 Å². The lowest BCUT2D eigenvalue weighted by atomic mass is 10.1. The highest BCUT2D eigenvalue weighted by Gasteiger charge is 2.22. The van der Waals surface area contributed by atoms with E-state index in [0.29, 0.717) is 16.3 Å². The molecule has 0 aliphatic carbocycles. The molecule has 1 heterocycles. The maximum atomic E-state index is 11.7. The van der Waals surface area contributed by atoms with E-state index in [4.69, 9.17) is 0 Å². The molecule has 7 heteroatoms. The first-order valence-electron chi connectivity index (χ1n) is 4.75. The number of hydrogen-bond acceptors (Lipinski definition) is 6. The Morgan fingerprint density at radius 3 is 2.88 bits per heavy atom. The van der Waals surface area contributed by atoms with Gasteiger partial charge in [0.1, 0.15) is 4.88 Å². The van der Waals surface area contributed by atoms with Gasteiger partial charge in [0.05, 0.1) is 11.3 Å². The molecule has 90 valence electrons. The summed E-state index contributed by atoms with van der Waals surface area (Å²) in [5.41, 5.74) is -0.270. The van der Waals surface area contributed by atoms with Gasteiger partial charge in [-0.3, -0.25) is 4.79 Å². The van der Waals surface area contributed by atoms with E-state index in [1.54, 1.807) is 13.8 Å². The van der Waals surface area contributed by atoms with Gasteiger partial charge in [0.25, 0.3) is 5.91 Å². The summed E-state index contributed by atoms with van der Waals surface area (Å²) in [6.07, 6.45) is 1.91. The van der Waals surface area contributed by atoms with Crippen LogP contribution < -0.4 is 5.32 Å². The average molecular weight is 261 g/mol. The molecule has 0 aliphatic heterocycles. The number of aliphatic hydroxyl groups is 1. The van der Waals surface area contributed by atoms with Crippen molar-refractivity contribution in [3.8, 4) is 0 Å². The monoisotopic (exact) mass is 261 g/mol. The maximum absolute atomic E-state index is 11.7. The van der Waals surface area contributed by atoms with Crippen LogP contribution in [0.25, 0.3) is 0 Å². The third-order valence-electron chi connectivity index (χ3n) is 1.94. The fourth-order valence-corrected chi connectivity index (χ4v) is 2.45. The molecule has 5 nitrogen and oxygen atoms in total. The minimum atomic E-state index is -0.888. The average Bonchev–Trinajstić information content (AvgIpc) is 2.61. The number of thioether (sulfide) groups is 1.